The van der Waals surface area contributed by atoms with E-state index in [1.165, 1.54) is 56.6 Å². The van der Waals surface area contributed by atoms with Crippen molar-refractivity contribution in [2.45, 2.75) is 52.9 Å². The Bertz CT molecular complexity index is 1410. The Balaban J connectivity index is 1.33. The van der Waals surface area contributed by atoms with Crippen LogP contribution in [-0.4, -0.2) is 57.9 Å². The summed E-state index contributed by atoms with van der Waals surface area (Å²) < 4.78 is 0.948. The Hall–Kier alpha value is -3.02. The van der Waals surface area contributed by atoms with E-state index in [-0.39, 0.29) is 17.4 Å². The number of carbonyl (C=O) groups excluding carboxylic acids is 2. The molecule has 0 radical (unpaired) electrons. The number of thiophene rings is 1. The molecule has 2 aliphatic heterocycles. The highest BCUT2D eigenvalue weighted by atomic mass is 32.1. The van der Waals surface area contributed by atoms with Crippen molar-refractivity contribution in [2.75, 3.05) is 31.1 Å². The molecule has 11 heteroatoms. The Morgan fingerprint density at radius 2 is 1.72 bits per heavy atom. The molecule has 0 bridgehead atoms. The third kappa shape index (κ3) is 5.66. The summed E-state index contributed by atoms with van der Waals surface area (Å²) in [5, 5.41) is 9.72. The van der Waals surface area contributed by atoms with Gasteiger partial charge in [0.2, 0.25) is 5.13 Å². The standard InChI is InChI=1S/C28H32N6O2S3/c1-4-7-13-32-14-10-18-15-19(8-9-22(18)32)30-31-27-29-24-23(39-27)17-20(38-24)16-21-25(35)33(11-5-2)28(37)34(12-6-3)26(21)36/h8-9,15-17H,4-7,10-14H2,1-3H3. The summed E-state index contributed by atoms with van der Waals surface area (Å²) in [5.74, 6) is -0.664. The lowest BCUT2D eigenvalue weighted by atomic mass is 10.1. The number of thiazole rings is 1. The van der Waals surface area contributed by atoms with Gasteiger partial charge in [0.15, 0.2) is 5.11 Å². The predicted molar refractivity (Wildman–Crippen MR) is 164 cm³/mol. The van der Waals surface area contributed by atoms with Gasteiger partial charge in [-0.3, -0.25) is 19.4 Å². The lowest BCUT2D eigenvalue weighted by molar-refractivity contribution is -0.133. The molecule has 0 spiro atoms. The van der Waals surface area contributed by atoms with Crippen LogP contribution in [0.4, 0.5) is 16.5 Å². The number of nitrogens with zero attached hydrogens (tertiary/aromatic N) is 6. The Labute approximate surface area is 242 Å². The number of anilines is 1. The fraction of sp³-hybridized carbons (Fsp3) is 0.429. The average molecular weight is 581 g/mol. The van der Waals surface area contributed by atoms with Gasteiger partial charge < -0.3 is 4.90 Å². The summed E-state index contributed by atoms with van der Waals surface area (Å²) in [6, 6.07) is 8.24. The summed E-state index contributed by atoms with van der Waals surface area (Å²) >= 11 is 8.34. The van der Waals surface area contributed by atoms with Gasteiger partial charge in [-0.05, 0) is 73.8 Å². The molecule has 8 nitrogen and oxygen atoms in total. The molecular formula is C28H32N6O2S3. The molecule has 0 saturated carbocycles. The van der Waals surface area contributed by atoms with Crippen LogP contribution >= 0.6 is 34.9 Å². The molecule has 3 aromatic rings. The van der Waals surface area contributed by atoms with Crippen molar-refractivity contribution in [2.24, 2.45) is 10.2 Å². The quantitative estimate of drug-likeness (QED) is 0.111. The highest BCUT2D eigenvalue weighted by molar-refractivity contribution is 7.80. The molecule has 39 heavy (non-hydrogen) atoms. The van der Waals surface area contributed by atoms with E-state index in [1.807, 2.05) is 26.0 Å². The predicted octanol–water partition coefficient (Wildman–Crippen LogP) is 7.09. The second-order valence-electron chi connectivity index (χ2n) is 9.67. The number of carbonyl (C=O) groups is 2. The summed E-state index contributed by atoms with van der Waals surface area (Å²) in [6.45, 7) is 9.33. The van der Waals surface area contributed by atoms with E-state index >= 15 is 0 Å². The number of rotatable bonds is 10. The molecule has 204 valence electrons. The fourth-order valence-electron chi connectivity index (χ4n) is 4.86. The van der Waals surface area contributed by atoms with Gasteiger partial charge in [-0.25, -0.2) is 4.98 Å². The van der Waals surface area contributed by atoms with Gasteiger partial charge in [-0.2, -0.15) is 0 Å². The van der Waals surface area contributed by atoms with Crippen LogP contribution in [-0.2, 0) is 16.0 Å². The highest BCUT2D eigenvalue weighted by Gasteiger charge is 2.38. The maximum absolute atomic E-state index is 13.1. The molecule has 0 unspecified atom stereocenters. The average Bonchev–Trinajstić information content (AvgIpc) is 3.62. The van der Waals surface area contributed by atoms with Crippen molar-refractivity contribution in [1.29, 1.82) is 0 Å². The summed E-state index contributed by atoms with van der Waals surface area (Å²) in [5.41, 5.74) is 3.61. The molecule has 0 aliphatic carbocycles. The molecule has 2 aromatic heterocycles. The number of hydrogen-bond acceptors (Lipinski definition) is 9. The number of thiocarbonyl (C=S) groups is 1. The number of azo groups is 1. The first-order valence-electron chi connectivity index (χ1n) is 13.5. The van der Waals surface area contributed by atoms with Crippen molar-refractivity contribution in [1.82, 2.24) is 14.8 Å². The summed E-state index contributed by atoms with van der Waals surface area (Å²) in [7, 11) is 0. The third-order valence-electron chi connectivity index (χ3n) is 6.78. The van der Waals surface area contributed by atoms with Crippen LogP contribution in [0.5, 0.6) is 0 Å². The van der Waals surface area contributed by atoms with Gasteiger partial charge in [-0.1, -0.05) is 38.5 Å². The fourth-order valence-corrected chi connectivity index (χ4v) is 7.20. The first-order chi connectivity index (χ1) is 18.9. The normalized spacial score (nSPS) is 15.9. The molecule has 0 atom stereocenters. The molecule has 1 saturated heterocycles. The van der Waals surface area contributed by atoms with Crippen LogP contribution in [0.2, 0.25) is 0 Å². The number of amides is 2. The minimum Gasteiger partial charge on any atom is -0.371 e. The zero-order chi connectivity index (χ0) is 27.5. The summed E-state index contributed by atoms with van der Waals surface area (Å²) in [4.78, 5) is 38.0. The third-order valence-corrected chi connectivity index (χ3v) is 9.21. The smallest absolute Gasteiger partial charge is 0.265 e. The second-order valence-corrected chi connectivity index (χ2v) is 12.1. The minimum atomic E-state index is -0.332. The van der Waals surface area contributed by atoms with Gasteiger partial charge in [0.25, 0.3) is 11.8 Å². The molecular weight excluding hydrogens is 549 g/mol. The molecule has 5 rings (SSSR count). The molecule has 0 N–H and O–H groups in total. The lowest BCUT2D eigenvalue weighted by Crippen LogP contribution is -2.56. The largest absolute Gasteiger partial charge is 0.371 e. The molecule has 2 aliphatic rings. The second kappa shape index (κ2) is 12.0. The van der Waals surface area contributed by atoms with E-state index < -0.39 is 0 Å². The molecule has 1 aromatic carbocycles. The number of unbranched alkanes of at least 4 members (excludes halogenated alkanes) is 1. The SMILES string of the molecule is CCCCN1CCc2cc(N=Nc3nc4sc(C=C5C(=O)N(CCC)C(=S)N(CCC)C5=O)cc4s3)ccc21. The van der Waals surface area contributed by atoms with Crippen LogP contribution in [0.3, 0.4) is 0 Å². The lowest BCUT2D eigenvalue weighted by Gasteiger charge is -2.36. The van der Waals surface area contributed by atoms with Crippen LogP contribution in [0.25, 0.3) is 15.6 Å². The first kappa shape index (κ1) is 27.5. The van der Waals surface area contributed by atoms with Crippen LogP contribution < -0.4 is 4.90 Å². The number of fused-ring (bicyclic) bond motifs is 2. The van der Waals surface area contributed by atoms with Crippen LogP contribution in [0.1, 0.15) is 56.9 Å². The number of aromatic nitrogens is 1. The topological polar surface area (TPSA) is 81.5 Å². The van der Waals surface area contributed by atoms with Gasteiger partial charge in [-0.15, -0.1) is 21.6 Å². The Morgan fingerprint density at radius 3 is 2.38 bits per heavy atom. The highest BCUT2D eigenvalue weighted by Crippen LogP contribution is 2.37. The van der Waals surface area contributed by atoms with E-state index in [0.29, 0.717) is 23.3 Å². The van der Waals surface area contributed by atoms with Gasteiger partial charge in [0, 0.05) is 36.7 Å². The maximum Gasteiger partial charge on any atom is 0.265 e. The first-order valence-corrected chi connectivity index (χ1v) is 15.6. The maximum atomic E-state index is 13.1. The minimum absolute atomic E-state index is 0.143. The Kier molecular flexibility index (Phi) is 8.49. The van der Waals surface area contributed by atoms with E-state index in [4.69, 9.17) is 12.2 Å². The van der Waals surface area contributed by atoms with Crippen molar-refractivity contribution in [3.8, 4) is 0 Å². The van der Waals surface area contributed by atoms with Crippen molar-refractivity contribution in [3.63, 3.8) is 0 Å². The zero-order valence-electron chi connectivity index (χ0n) is 22.5. The summed E-state index contributed by atoms with van der Waals surface area (Å²) in [6.07, 6.45) is 6.63. The number of benzene rings is 1. The van der Waals surface area contributed by atoms with Crippen LogP contribution in [0.15, 0.2) is 40.1 Å². The van der Waals surface area contributed by atoms with E-state index in [0.717, 1.165) is 52.4 Å². The van der Waals surface area contributed by atoms with E-state index in [2.05, 4.69) is 39.2 Å². The van der Waals surface area contributed by atoms with Crippen molar-refractivity contribution < 1.29 is 9.59 Å². The van der Waals surface area contributed by atoms with E-state index in [1.54, 1.807) is 6.08 Å². The Morgan fingerprint density at radius 1 is 0.974 bits per heavy atom. The van der Waals surface area contributed by atoms with Crippen molar-refractivity contribution >= 4 is 83.9 Å². The van der Waals surface area contributed by atoms with Crippen molar-refractivity contribution in [3.05, 3.63) is 40.3 Å². The van der Waals surface area contributed by atoms with Gasteiger partial charge >= 0.3 is 0 Å². The number of hydrogen-bond donors (Lipinski definition) is 0. The zero-order valence-corrected chi connectivity index (χ0v) is 24.9. The van der Waals surface area contributed by atoms with E-state index in [9.17, 15) is 9.59 Å². The molecule has 2 amide bonds. The monoisotopic (exact) mass is 580 g/mol. The van der Waals surface area contributed by atoms with Crippen LogP contribution in [0, 0.1) is 0 Å². The molecule has 4 heterocycles. The molecule has 1 fully saturated rings. The van der Waals surface area contributed by atoms with Gasteiger partial charge in [0.1, 0.15) is 10.4 Å². The van der Waals surface area contributed by atoms with Gasteiger partial charge in [0.05, 0.1) is 10.4 Å².